The minimum Gasteiger partial charge on any atom is -0.302 e. The molecule has 0 bridgehead atoms. The Morgan fingerprint density at radius 3 is 2.48 bits per heavy atom. The molecule has 2 amide bonds. The summed E-state index contributed by atoms with van der Waals surface area (Å²) in [6, 6.07) is 4.33. The number of piperidine rings is 1. The van der Waals surface area contributed by atoms with E-state index in [2.05, 4.69) is 17.0 Å². The molecule has 1 aromatic rings. The highest BCUT2D eigenvalue weighted by atomic mass is 35.5. The van der Waals surface area contributed by atoms with Gasteiger partial charge in [-0.3, -0.25) is 14.5 Å². The van der Waals surface area contributed by atoms with Gasteiger partial charge in [0.15, 0.2) is 0 Å². The first-order valence-corrected chi connectivity index (χ1v) is 12.8. The number of carbonyl (C=O) groups is 2. The molecule has 1 aromatic carbocycles. The molecule has 2 fully saturated rings. The first-order valence-electron chi connectivity index (χ1n) is 12.4. The Balaban J connectivity index is 1.13. The summed E-state index contributed by atoms with van der Waals surface area (Å²) in [5, 5.41) is 0.939. The molecule has 1 spiro atoms. The molecule has 0 aromatic heterocycles. The molecule has 2 heterocycles. The lowest BCUT2D eigenvalue weighted by Gasteiger charge is -2.37. The van der Waals surface area contributed by atoms with E-state index in [1.54, 1.807) is 10.5 Å². The minimum atomic E-state index is 0.00580. The van der Waals surface area contributed by atoms with Crippen molar-refractivity contribution in [1.29, 1.82) is 0 Å². The maximum atomic E-state index is 12.7. The van der Waals surface area contributed by atoms with Gasteiger partial charge < -0.3 is 4.90 Å². The fraction of sp³-hybridized carbons (Fsp3) is 0.692. The Labute approximate surface area is 191 Å². The summed E-state index contributed by atoms with van der Waals surface area (Å²) in [5.41, 5.74) is 4.45. The quantitative estimate of drug-likeness (QED) is 0.470. The highest BCUT2D eigenvalue weighted by Gasteiger charge is 2.44. The van der Waals surface area contributed by atoms with Crippen molar-refractivity contribution in [3.63, 3.8) is 0 Å². The van der Waals surface area contributed by atoms with E-state index in [9.17, 15) is 9.59 Å². The van der Waals surface area contributed by atoms with Crippen LogP contribution in [0.4, 0.5) is 0 Å². The molecule has 0 radical (unpaired) electrons. The Kier molecular flexibility index (Phi) is 6.13. The van der Waals surface area contributed by atoms with Crippen molar-refractivity contribution in [2.75, 3.05) is 26.2 Å². The summed E-state index contributed by atoms with van der Waals surface area (Å²) >= 11 is 6.58. The number of hydrogen-bond donors (Lipinski definition) is 0. The second kappa shape index (κ2) is 8.86. The third kappa shape index (κ3) is 4.30. The lowest BCUT2D eigenvalue weighted by atomic mass is 9.76. The number of nitrogens with zero attached hydrogens (tertiary/aromatic N) is 2. The van der Waals surface area contributed by atoms with E-state index in [0.29, 0.717) is 25.3 Å². The average Bonchev–Trinajstić information content (AvgIpc) is 3.09. The molecule has 1 unspecified atom stereocenters. The standard InChI is InChI=1S/C26H35ClN2O2/c27-22-9-8-19-6-5-7-20-18-28(15-10-21(22)25(19)20)13-3-4-14-29-23(30)16-26(17-24(29)31)11-1-2-12-26/h8-9,20H,1-7,10-18H2. The monoisotopic (exact) mass is 442 g/mol. The van der Waals surface area contributed by atoms with Gasteiger partial charge >= 0.3 is 0 Å². The molecular weight excluding hydrogens is 408 g/mol. The molecule has 2 aliphatic carbocycles. The Morgan fingerprint density at radius 1 is 0.968 bits per heavy atom. The largest absolute Gasteiger partial charge is 0.302 e. The zero-order valence-electron chi connectivity index (χ0n) is 18.6. The van der Waals surface area contributed by atoms with E-state index in [-0.39, 0.29) is 17.2 Å². The molecule has 1 atom stereocenters. The highest BCUT2D eigenvalue weighted by molar-refractivity contribution is 6.31. The molecule has 168 valence electrons. The number of carbonyl (C=O) groups excluding carboxylic acids is 2. The smallest absolute Gasteiger partial charge is 0.229 e. The second-order valence-electron chi connectivity index (χ2n) is 10.4. The van der Waals surface area contributed by atoms with E-state index < -0.39 is 0 Å². The van der Waals surface area contributed by atoms with Gasteiger partial charge in [0, 0.05) is 37.5 Å². The summed E-state index contributed by atoms with van der Waals surface area (Å²) in [6.07, 6.45) is 12.3. The number of likely N-dealkylation sites (tertiary alicyclic amines) is 1. The number of rotatable bonds is 5. The van der Waals surface area contributed by atoms with Crippen LogP contribution >= 0.6 is 11.6 Å². The van der Waals surface area contributed by atoms with Crippen molar-refractivity contribution in [3.05, 3.63) is 33.8 Å². The fourth-order valence-corrected chi connectivity index (χ4v) is 7.04. The fourth-order valence-electron chi connectivity index (χ4n) is 6.78. The molecule has 0 N–H and O–H groups in total. The van der Waals surface area contributed by atoms with Gasteiger partial charge in [-0.2, -0.15) is 0 Å². The predicted molar refractivity (Wildman–Crippen MR) is 123 cm³/mol. The van der Waals surface area contributed by atoms with Crippen molar-refractivity contribution in [3.8, 4) is 0 Å². The summed E-state index contributed by atoms with van der Waals surface area (Å²) in [4.78, 5) is 29.5. The normalized spacial score (nSPS) is 25.7. The number of amides is 2. The van der Waals surface area contributed by atoms with E-state index in [1.807, 2.05) is 0 Å². The predicted octanol–water partition coefficient (Wildman–Crippen LogP) is 5.11. The van der Waals surface area contributed by atoms with Crippen LogP contribution in [-0.4, -0.2) is 47.8 Å². The van der Waals surface area contributed by atoms with Crippen LogP contribution in [0.2, 0.25) is 5.02 Å². The van der Waals surface area contributed by atoms with Gasteiger partial charge in [0.1, 0.15) is 0 Å². The van der Waals surface area contributed by atoms with Crippen LogP contribution in [0.5, 0.6) is 0 Å². The second-order valence-corrected chi connectivity index (χ2v) is 10.9. The van der Waals surface area contributed by atoms with Gasteiger partial charge in [0.25, 0.3) is 0 Å². The Bertz CT molecular complexity index is 841. The number of hydrogen-bond acceptors (Lipinski definition) is 3. The average molecular weight is 443 g/mol. The van der Waals surface area contributed by atoms with E-state index in [1.165, 1.54) is 43.2 Å². The van der Waals surface area contributed by atoms with Crippen LogP contribution in [0.25, 0.3) is 0 Å². The maximum Gasteiger partial charge on any atom is 0.229 e. The lowest BCUT2D eigenvalue weighted by Crippen LogP contribution is -2.47. The molecule has 1 saturated carbocycles. The maximum absolute atomic E-state index is 12.7. The number of halogens is 1. The van der Waals surface area contributed by atoms with Crippen LogP contribution in [0, 0.1) is 5.41 Å². The highest BCUT2D eigenvalue weighted by Crippen LogP contribution is 2.47. The number of imide groups is 1. The Morgan fingerprint density at radius 2 is 1.71 bits per heavy atom. The van der Waals surface area contributed by atoms with Crippen LogP contribution in [-0.2, 0) is 22.4 Å². The Hall–Kier alpha value is -1.39. The van der Waals surface area contributed by atoms with Crippen LogP contribution in [0.15, 0.2) is 12.1 Å². The van der Waals surface area contributed by atoms with Gasteiger partial charge in [-0.15, -0.1) is 0 Å². The van der Waals surface area contributed by atoms with Crippen molar-refractivity contribution >= 4 is 23.4 Å². The van der Waals surface area contributed by atoms with Gasteiger partial charge in [0.2, 0.25) is 11.8 Å². The minimum absolute atomic E-state index is 0.00580. The van der Waals surface area contributed by atoms with Crippen LogP contribution in [0.3, 0.4) is 0 Å². The molecule has 1 saturated heterocycles. The summed E-state index contributed by atoms with van der Waals surface area (Å²) in [7, 11) is 0. The number of unbranched alkanes of at least 4 members (excludes halogenated alkanes) is 1. The van der Waals surface area contributed by atoms with Crippen molar-refractivity contribution in [1.82, 2.24) is 9.80 Å². The van der Waals surface area contributed by atoms with E-state index >= 15 is 0 Å². The molecular formula is C26H35ClN2O2. The molecule has 5 heteroatoms. The number of benzene rings is 1. The third-order valence-corrected chi connectivity index (χ3v) is 8.73. The topological polar surface area (TPSA) is 40.6 Å². The van der Waals surface area contributed by atoms with Gasteiger partial charge in [-0.1, -0.05) is 30.5 Å². The zero-order valence-corrected chi connectivity index (χ0v) is 19.4. The van der Waals surface area contributed by atoms with Crippen molar-refractivity contribution in [2.45, 2.75) is 83.0 Å². The molecule has 4 aliphatic rings. The van der Waals surface area contributed by atoms with E-state index in [0.717, 1.165) is 56.8 Å². The van der Waals surface area contributed by atoms with Crippen LogP contribution < -0.4 is 0 Å². The van der Waals surface area contributed by atoms with Gasteiger partial charge in [-0.05, 0) is 92.0 Å². The van der Waals surface area contributed by atoms with Crippen molar-refractivity contribution in [2.24, 2.45) is 5.41 Å². The molecule has 31 heavy (non-hydrogen) atoms. The summed E-state index contributed by atoms with van der Waals surface area (Å²) in [6.45, 7) is 3.81. The number of aryl methyl sites for hydroxylation is 1. The first kappa shape index (κ1) is 21.5. The zero-order chi connectivity index (χ0) is 21.4. The molecule has 4 nitrogen and oxygen atoms in total. The molecule has 2 aliphatic heterocycles. The van der Waals surface area contributed by atoms with E-state index in [4.69, 9.17) is 11.6 Å². The lowest BCUT2D eigenvalue weighted by molar-refractivity contribution is -0.153. The molecule has 5 rings (SSSR count). The summed E-state index contributed by atoms with van der Waals surface area (Å²) < 4.78 is 0. The van der Waals surface area contributed by atoms with Gasteiger partial charge in [-0.25, -0.2) is 0 Å². The SMILES string of the molecule is O=C1CC2(CCCC2)CC(=O)N1CCCCN1CCc2c(Cl)ccc3c2C(CCC3)C1. The van der Waals surface area contributed by atoms with Crippen molar-refractivity contribution < 1.29 is 9.59 Å². The first-order chi connectivity index (χ1) is 15.0. The summed E-state index contributed by atoms with van der Waals surface area (Å²) in [5.74, 6) is 0.758. The van der Waals surface area contributed by atoms with Gasteiger partial charge in [0.05, 0.1) is 0 Å². The van der Waals surface area contributed by atoms with Crippen LogP contribution in [0.1, 0.15) is 86.8 Å². The third-order valence-electron chi connectivity index (χ3n) is 8.38.